The van der Waals surface area contributed by atoms with Crippen LogP contribution >= 0.6 is 11.6 Å². The van der Waals surface area contributed by atoms with Crippen LogP contribution in [0.3, 0.4) is 0 Å². The van der Waals surface area contributed by atoms with Crippen LogP contribution in [-0.4, -0.2) is 31.3 Å². The maximum Gasteiger partial charge on any atom is 0.271 e. The summed E-state index contributed by atoms with van der Waals surface area (Å²) in [6.45, 7) is 8.43. The molecule has 0 aliphatic carbocycles. The molecule has 1 unspecified atom stereocenters. The van der Waals surface area contributed by atoms with Gasteiger partial charge in [-0.25, -0.2) is 4.98 Å². The van der Waals surface area contributed by atoms with E-state index in [0.717, 1.165) is 17.1 Å². The van der Waals surface area contributed by atoms with Crippen LogP contribution in [0.25, 0.3) is 11.3 Å². The molecule has 0 spiro atoms. The monoisotopic (exact) mass is 410 g/mol. The Morgan fingerprint density at radius 3 is 2.69 bits per heavy atom. The molecule has 1 atom stereocenters. The lowest BCUT2D eigenvalue weighted by Crippen LogP contribution is -2.36. The van der Waals surface area contributed by atoms with Crippen molar-refractivity contribution in [3.8, 4) is 17.3 Å². The number of imidazole rings is 1. The number of aryl methyl sites for hydroxylation is 1. The lowest BCUT2D eigenvalue weighted by atomic mass is 10.1. The SMILES string of the molecule is Cc1nc(C(=O)NC(C)Cn2ccc(-c3ccc(C#N)c(Cl)c3)n2)cn1C(C)C. The minimum Gasteiger partial charge on any atom is -0.346 e. The van der Waals surface area contributed by atoms with Gasteiger partial charge in [0.2, 0.25) is 0 Å². The molecule has 0 aliphatic rings. The summed E-state index contributed by atoms with van der Waals surface area (Å²) in [6.07, 6.45) is 3.63. The van der Waals surface area contributed by atoms with Crippen LogP contribution in [0.4, 0.5) is 0 Å². The largest absolute Gasteiger partial charge is 0.346 e. The second kappa shape index (κ2) is 8.50. The molecule has 3 rings (SSSR count). The molecule has 0 saturated heterocycles. The summed E-state index contributed by atoms with van der Waals surface area (Å²) in [5.74, 6) is 0.613. The van der Waals surface area contributed by atoms with E-state index in [2.05, 4.69) is 29.2 Å². The van der Waals surface area contributed by atoms with Crippen LogP contribution in [0, 0.1) is 18.3 Å². The fourth-order valence-corrected chi connectivity index (χ4v) is 3.35. The van der Waals surface area contributed by atoms with Gasteiger partial charge in [-0.2, -0.15) is 10.4 Å². The Morgan fingerprint density at radius 2 is 2.07 bits per heavy atom. The predicted octanol–water partition coefficient (Wildman–Crippen LogP) is 3.98. The minimum absolute atomic E-state index is 0.135. The molecule has 1 amide bonds. The third kappa shape index (κ3) is 4.66. The smallest absolute Gasteiger partial charge is 0.271 e. The maximum absolute atomic E-state index is 12.5. The third-order valence-electron chi connectivity index (χ3n) is 4.57. The van der Waals surface area contributed by atoms with Crippen molar-refractivity contribution in [3.63, 3.8) is 0 Å². The van der Waals surface area contributed by atoms with Crippen molar-refractivity contribution in [2.75, 3.05) is 0 Å². The van der Waals surface area contributed by atoms with Gasteiger partial charge in [0.15, 0.2) is 0 Å². The molecular weight excluding hydrogens is 388 g/mol. The van der Waals surface area contributed by atoms with Crippen molar-refractivity contribution in [3.05, 3.63) is 58.8 Å². The fraction of sp³-hybridized carbons (Fsp3) is 0.333. The zero-order chi connectivity index (χ0) is 21.1. The van der Waals surface area contributed by atoms with Gasteiger partial charge in [0, 0.05) is 30.0 Å². The number of nitrogens with zero attached hydrogens (tertiary/aromatic N) is 5. The van der Waals surface area contributed by atoms with E-state index >= 15 is 0 Å². The van der Waals surface area contributed by atoms with E-state index in [9.17, 15) is 4.79 Å². The summed E-state index contributed by atoms with van der Waals surface area (Å²) >= 11 is 6.11. The Kier molecular flexibility index (Phi) is 6.04. The van der Waals surface area contributed by atoms with Crippen molar-refractivity contribution < 1.29 is 4.79 Å². The topological polar surface area (TPSA) is 88.5 Å². The molecule has 1 N–H and O–H groups in total. The van der Waals surface area contributed by atoms with Crippen LogP contribution in [0.5, 0.6) is 0 Å². The number of nitriles is 1. The van der Waals surface area contributed by atoms with Gasteiger partial charge in [0.1, 0.15) is 17.6 Å². The molecule has 0 radical (unpaired) electrons. The molecule has 150 valence electrons. The number of halogens is 1. The molecule has 29 heavy (non-hydrogen) atoms. The number of hydrogen-bond acceptors (Lipinski definition) is 4. The van der Waals surface area contributed by atoms with Gasteiger partial charge >= 0.3 is 0 Å². The lowest BCUT2D eigenvalue weighted by molar-refractivity contribution is 0.0931. The summed E-state index contributed by atoms with van der Waals surface area (Å²) in [4.78, 5) is 16.9. The molecule has 0 fully saturated rings. The molecule has 2 aromatic heterocycles. The van der Waals surface area contributed by atoms with E-state index in [1.807, 2.05) is 42.8 Å². The average molecular weight is 411 g/mol. The molecule has 7 nitrogen and oxygen atoms in total. The summed E-state index contributed by atoms with van der Waals surface area (Å²) in [7, 11) is 0. The van der Waals surface area contributed by atoms with E-state index in [-0.39, 0.29) is 18.0 Å². The Hall–Kier alpha value is -3.11. The number of hydrogen-bond donors (Lipinski definition) is 1. The highest BCUT2D eigenvalue weighted by Gasteiger charge is 2.16. The van der Waals surface area contributed by atoms with Gasteiger partial charge in [0.25, 0.3) is 5.91 Å². The van der Waals surface area contributed by atoms with Gasteiger partial charge in [-0.15, -0.1) is 0 Å². The molecule has 0 saturated carbocycles. The maximum atomic E-state index is 12.5. The van der Waals surface area contributed by atoms with Crippen LogP contribution in [0.15, 0.2) is 36.7 Å². The van der Waals surface area contributed by atoms with Crippen molar-refractivity contribution in [2.45, 2.75) is 46.3 Å². The predicted molar refractivity (Wildman–Crippen MR) is 112 cm³/mol. The number of benzene rings is 1. The highest BCUT2D eigenvalue weighted by molar-refractivity contribution is 6.32. The first-order valence-electron chi connectivity index (χ1n) is 9.38. The van der Waals surface area contributed by atoms with E-state index in [1.165, 1.54) is 0 Å². The van der Waals surface area contributed by atoms with Crippen molar-refractivity contribution in [1.82, 2.24) is 24.6 Å². The number of carbonyl (C=O) groups is 1. The van der Waals surface area contributed by atoms with Crippen molar-refractivity contribution >= 4 is 17.5 Å². The minimum atomic E-state index is -0.203. The Labute approximate surface area is 174 Å². The standard InChI is InChI=1S/C21H23ClN6O/c1-13(2)28-12-20(25-15(28)4)21(29)24-14(3)11-27-8-7-19(26-27)16-5-6-17(10-23)18(22)9-16/h5-9,12-14H,11H2,1-4H3,(H,24,29). The highest BCUT2D eigenvalue weighted by Crippen LogP contribution is 2.24. The first kappa shape index (κ1) is 20.6. The number of carbonyl (C=O) groups excluding carboxylic acids is 1. The van der Waals surface area contributed by atoms with Gasteiger partial charge in [-0.1, -0.05) is 17.7 Å². The third-order valence-corrected chi connectivity index (χ3v) is 4.88. The normalized spacial score (nSPS) is 12.0. The molecule has 1 aromatic carbocycles. The summed E-state index contributed by atoms with van der Waals surface area (Å²) in [5, 5.41) is 16.9. The number of amides is 1. The fourth-order valence-electron chi connectivity index (χ4n) is 3.12. The van der Waals surface area contributed by atoms with E-state index in [4.69, 9.17) is 16.9 Å². The first-order chi connectivity index (χ1) is 13.8. The second-order valence-corrected chi connectivity index (χ2v) is 7.69. The van der Waals surface area contributed by atoms with Gasteiger partial charge in [0.05, 0.1) is 22.8 Å². The molecule has 3 aromatic rings. The molecule has 8 heteroatoms. The molecular formula is C21H23ClN6O. The first-order valence-corrected chi connectivity index (χ1v) is 9.76. The Morgan fingerprint density at radius 1 is 1.31 bits per heavy atom. The number of aromatic nitrogens is 4. The van der Waals surface area contributed by atoms with E-state index in [0.29, 0.717) is 22.8 Å². The van der Waals surface area contributed by atoms with Crippen LogP contribution in [0.1, 0.15) is 48.7 Å². The average Bonchev–Trinajstić information content (AvgIpc) is 3.28. The highest BCUT2D eigenvalue weighted by atomic mass is 35.5. The number of nitrogens with one attached hydrogen (secondary N) is 1. The van der Waals surface area contributed by atoms with Crippen molar-refractivity contribution in [1.29, 1.82) is 5.26 Å². The summed E-state index contributed by atoms with van der Waals surface area (Å²) in [5.41, 5.74) is 2.43. The Balaban J connectivity index is 1.65. The van der Waals surface area contributed by atoms with Gasteiger partial charge in [-0.05, 0) is 45.9 Å². The van der Waals surface area contributed by atoms with E-state index < -0.39 is 0 Å². The quantitative estimate of drug-likeness (QED) is 0.665. The van der Waals surface area contributed by atoms with Crippen LogP contribution in [-0.2, 0) is 6.54 Å². The lowest BCUT2D eigenvalue weighted by Gasteiger charge is -2.13. The molecule has 0 aliphatic heterocycles. The molecule has 2 heterocycles. The van der Waals surface area contributed by atoms with Crippen LogP contribution in [0.2, 0.25) is 5.02 Å². The Bertz CT molecular complexity index is 1080. The van der Waals surface area contributed by atoms with Crippen LogP contribution < -0.4 is 5.32 Å². The van der Waals surface area contributed by atoms with Crippen molar-refractivity contribution in [2.24, 2.45) is 0 Å². The van der Waals surface area contributed by atoms with Gasteiger partial charge in [-0.3, -0.25) is 9.48 Å². The second-order valence-electron chi connectivity index (χ2n) is 7.28. The molecule has 0 bridgehead atoms. The van der Waals surface area contributed by atoms with E-state index in [1.54, 1.807) is 23.0 Å². The zero-order valence-corrected chi connectivity index (χ0v) is 17.6. The summed E-state index contributed by atoms with van der Waals surface area (Å²) < 4.78 is 3.74. The summed E-state index contributed by atoms with van der Waals surface area (Å²) in [6, 6.07) is 9.25. The number of rotatable bonds is 6. The zero-order valence-electron chi connectivity index (χ0n) is 16.8. The van der Waals surface area contributed by atoms with Gasteiger partial charge < -0.3 is 9.88 Å².